The highest BCUT2D eigenvalue weighted by atomic mass is 35.5. The average molecular weight is 266 g/mol. The van der Waals surface area contributed by atoms with Crippen LogP contribution in [0.1, 0.15) is 11.3 Å². The quantitative estimate of drug-likeness (QED) is 0.771. The van der Waals surface area contributed by atoms with Gasteiger partial charge in [0.25, 0.3) is 0 Å². The first kappa shape index (κ1) is 12.8. The Bertz CT molecular complexity index is 504. The zero-order valence-electron chi connectivity index (χ0n) is 9.77. The molecular weight excluding hydrogens is 253 g/mol. The molecule has 0 aliphatic rings. The first-order valence-electron chi connectivity index (χ1n) is 5.66. The predicted octanol–water partition coefficient (Wildman–Crippen LogP) is 3.58. The van der Waals surface area contributed by atoms with Gasteiger partial charge in [-0.05, 0) is 29.8 Å². The molecule has 0 spiro atoms. The lowest BCUT2D eigenvalue weighted by molar-refractivity contribution is 0.304. The second kappa shape index (κ2) is 6.36. The second-order valence-corrected chi connectivity index (χ2v) is 4.09. The van der Waals surface area contributed by atoms with Crippen molar-refractivity contribution < 1.29 is 9.13 Å². The molecule has 0 N–H and O–H groups in total. The van der Waals surface area contributed by atoms with E-state index in [4.69, 9.17) is 16.3 Å². The van der Waals surface area contributed by atoms with Crippen LogP contribution in [0.25, 0.3) is 0 Å². The highest BCUT2D eigenvalue weighted by Gasteiger charge is 2.04. The monoisotopic (exact) mass is 265 g/mol. The smallest absolute Gasteiger partial charge is 0.165 e. The van der Waals surface area contributed by atoms with Crippen molar-refractivity contribution >= 4 is 11.6 Å². The lowest BCUT2D eigenvalue weighted by atomic mass is 10.2. The maximum atomic E-state index is 13.6. The molecule has 0 radical (unpaired) electrons. The minimum absolute atomic E-state index is 0.250. The summed E-state index contributed by atoms with van der Waals surface area (Å²) in [6, 6.07) is 10.4. The summed E-state index contributed by atoms with van der Waals surface area (Å²) in [6.07, 6.45) is 2.38. The molecule has 0 bridgehead atoms. The molecular formula is C14H13ClFNO. The van der Waals surface area contributed by atoms with Gasteiger partial charge in [0.05, 0.1) is 6.61 Å². The van der Waals surface area contributed by atoms with Crippen LogP contribution in [0.15, 0.2) is 42.6 Å². The van der Waals surface area contributed by atoms with Gasteiger partial charge in [0.1, 0.15) is 0 Å². The van der Waals surface area contributed by atoms with E-state index in [0.29, 0.717) is 18.9 Å². The molecule has 0 fully saturated rings. The highest BCUT2D eigenvalue weighted by molar-refractivity contribution is 6.17. The summed E-state index contributed by atoms with van der Waals surface area (Å²) in [6.45, 7) is 0.397. The van der Waals surface area contributed by atoms with Gasteiger partial charge in [-0.3, -0.25) is 4.98 Å². The van der Waals surface area contributed by atoms with E-state index in [1.165, 1.54) is 6.07 Å². The van der Waals surface area contributed by atoms with Crippen LogP contribution in [0.3, 0.4) is 0 Å². The van der Waals surface area contributed by atoms with Gasteiger partial charge >= 0.3 is 0 Å². The summed E-state index contributed by atoms with van der Waals surface area (Å²) < 4.78 is 18.9. The predicted molar refractivity (Wildman–Crippen MR) is 69.4 cm³/mol. The Hall–Kier alpha value is -1.61. The number of rotatable bonds is 5. The van der Waals surface area contributed by atoms with Crippen LogP contribution in [0.4, 0.5) is 4.39 Å². The Labute approximate surface area is 110 Å². The molecule has 0 unspecified atom stereocenters. The number of pyridine rings is 1. The van der Waals surface area contributed by atoms with Gasteiger partial charge < -0.3 is 4.74 Å². The summed E-state index contributed by atoms with van der Waals surface area (Å²) >= 11 is 5.62. The average Bonchev–Trinajstić information content (AvgIpc) is 2.42. The van der Waals surface area contributed by atoms with E-state index in [9.17, 15) is 4.39 Å². The molecule has 2 rings (SSSR count). The Balaban J connectivity index is 1.91. The molecule has 0 atom stereocenters. The minimum atomic E-state index is -0.380. The Morgan fingerprint density at radius 2 is 2.11 bits per heavy atom. The van der Waals surface area contributed by atoms with Crippen LogP contribution in [0, 0.1) is 5.82 Å². The van der Waals surface area contributed by atoms with Crippen molar-refractivity contribution in [3.8, 4) is 5.75 Å². The summed E-state index contributed by atoms with van der Waals surface area (Å²) in [5.74, 6) is 0.166. The summed E-state index contributed by atoms with van der Waals surface area (Å²) in [7, 11) is 0. The van der Waals surface area contributed by atoms with Crippen LogP contribution < -0.4 is 4.74 Å². The third kappa shape index (κ3) is 3.44. The number of hydrogen-bond donors (Lipinski definition) is 0. The Morgan fingerprint density at radius 1 is 1.22 bits per heavy atom. The topological polar surface area (TPSA) is 22.1 Å². The van der Waals surface area contributed by atoms with Crippen molar-refractivity contribution in [2.24, 2.45) is 0 Å². The van der Waals surface area contributed by atoms with E-state index in [0.717, 1.165) is 11.3 Å². The second-order valence-electron chi connectivity index (χ2n) is 3.82. The number of nitrogens with zero attached hydrogens (tertiary/aromatic N) is 1. The number of aromatic nitrogens is 1. The molecule has 0 aliphatic carbocycles. The van der Waals surface area contributed by atoms with Crippen LogP contribution in [-0.4, -0.2) is 11.6 Å². The van der Waals surface area contributed by atoms with Gasteiger partial charge in [-0.2, -0.15) is 0 Å². The molecule has 1 aromatic heterocycles. The molecule has 0 saturated heterocycles. The van der Waals surface area contributed by atoms with Crippen LogP contribution in [0.2, 0.25) is 0 Å². The minimum Gasteiger partial charge on any atom is -0.490 e. The van der Waals surface area contributed by atoms with E-state index < -0.39 is 0 Å². The van der Waals surface area contributed by atoms with Crippen molar-refractivity contribution in [2.45, 2.75) is 12.3 Å². The molecule has 0 saturated carbocycles. The maximum Gasteiger partial charge on any atom is 0.165 e. The number of alkyl halides is 1. The first-order valence-corrected chi connectivity index (χ1v) is 6.20. The fourth-order valence-electron chi connectivity index (χ4n) is 1.56. The first-order chi connectivity index (χ1) is 8.79. The summed E-state index contributed by atoms with van der Waals surface area (Å²) in [5, 5.41) is 0. The number of ether oxygens (including phenoxy) is 1. The zero-order valence-corrected chi connectivity index (χ0v) is 10.5. The molecule has 94 valence electrons. The summed E-state index contributed by atoms with van der Waals surface area (Å²) in [5.41, 5.74) is 1.67. The van der Waals surface area contributed by atoms with Crippen LogP contribution >= 0.6 is 11.6 Å². The zero-order chi connectivity index (χ0) is 12.8. The lowest BCUT2D eigenvalue weighted by Crippen LogP contribution is -2.04. The normalized spacial score (nSPS) is 10.3. The highest BCUT2D eigenvalue weighted by Crippen LogP contribution is 2.19. The largest absolute Gasteiger partial charge is 0.490 e. The van der Waals surface area contributed by atoms with E-state index in [-0.39, 0.29) is 11.6 Å². The van der Waals surface area contributed by atoms with Gasteiger partial charge in [0, 0.05) is 24.2 Å². The molecule has 0 aliphatic heterocycles. The Kier molecular flexibility index (Phi) is 4.53. The third-order valence-corrected chi connectivity index (χ3v) is 2.80. The molecule has 2 aromatic rings. The number of halogens is 2. The fourth-order valence-corrected chi connectivity index (χ4v) is 1.72. The SMILES string of the molecule is Fc1cc(CCl)ccc1OCCc1ccccn1. The molecule has 4 heteroatoms. The number of hydrogen-bond acceptors (Lipinski definition) is 2. The molecule has 18 heavy (non-hydrogen) atoms. The van der Waals surface area contributed by atoms with Gasteiger partial charge in [-0.15, -0.1) is 11.6 Å². The maximum absolute atomic E-state index is 13.6. The van der Waals surface area contributed by atoms with Gasteiger partial charge in [-0.1, -0.05) is 12.1 Å². The van der Waals surface area contributed by atoms with E-state index >= 15 is 0 Å². The third-order valence-electron chi connectivity index (χ3n) is 2.49. The van der Waals surface area contributed by atoms with Crippen molar-refractivity contribution in [3.63, 3.8) is 0 Å². The van der Waals surface area contributed by atoms with Crippen molar-refractivity contribution in [1.82, 2.24) is 4.98 Å². The molecule has 0 amide bonds. The number of benzene rings is 1. The van der Waals surface area contributed by atoms with Crippen molar-refractivity contribution in [1.29, 1.82) is 0 Å². The van der Waals surface area contributed by atoms with E-state index in [1.807, 2.05) is 18.2 Å². The fraction of sp³-hybridized carbons (Fsp3) is 0.214. The lowest BCUT2D eigenvalue weighted by Gasteiger charge is -2.07. The van der Waals surface area contributed by atoms with E-state index in [1.54, 1.807) is 18.3 Å². The summed E-state index contributed by atoms with van der Waals surface area (Å²) in [4.78, 5) is 4.17. The molecule has 1 aromatic carbocycles. The molecule has 2 nitrogen and oxygen atoms in total. The van der Waals surface area contributed by atoms with E-state index in [2.05, 4.69) is 4.98 Å². The van der Waals surface area contributed by atoms with Crippen molar-refractivity contribution in [2.75, 3.05) is 6.61 Å². The standard InChI is InChI=1S/C14H13ClFNO/c15-10-11-4-5-14(13(16)9-11)18-8-6-12-3-1-2-7-17-12/h1-5,7,9H,6,8,10H2. The van der Waals surface area contributed by atoms with Gasteiger partial charge in [0.2, 0.25) is 0 Å². The van der Waals surface area contributed by atoms with Crippen molar-refractivity contribution in [3.05, 3.63) is 59.7 Å². The van der Waals surface area contributed by atoms with Gasteiger partial charge in [-0.25, -0.2) is 4.39 Å². The van der Waals surface area contributed by atoms with Crippen LogP contribution in [0.5, 0.6) is 5.75 Å². The molecule has 1 heterocycles. The Morgan fingerprint density at radius 3 is 2.78 bits per heavy atom. The van der Waals surface area contributed by atoms with Crippen LogP contribution in [-0.2, 0) is 12.3 Å². The van der Waals surface area contributed by atoms with Gasteiger partial charge in [0.15, 0.2) is 11.6 Å².